The first-order chi connectivity index (χ1) is 13.7. The zero-order chi connectivity index (χ0) is 19.8. The van der Waals surface area contributed by atoms with Gasteiger partial charge in [0.15, 0.2) is 17.3 Å². The van der Waals surface area contributed by atoms with E-state index in [0.717, 1.165) is 31.0 Å². The van der Waals surface area contributed by atoms with E-state index < -0.39 is 0 Å². The predicted molar refractivity (Wildman–Crippen MR) is 108 cm³/mol. The van der Waals surface area contributed by atoms with Gasteiger partial charge in [-0.1, -0.05) is 12.5 Å². The summed E-state index contributed by atoms with van der Waals surface area (Å²) in [5.41, 5.74) is 0.945. The van der Waals surface area contributed by atoms with E-state index in [-0.39, 0.29) is 5.91 Å². The molecule has 0 spiro atoms. The summed E-state index contributed by atoms with van der Waals surface area (Å²) >= 11 is 0. The molecule has 1 aliphatic rings. The van der Waals surface area contributed by atoms with E-state index >= 15 is 0 Å². The Balaban J connectivity index is 1.55. The van der Waals surface area contributed by atoms with E-state index in [0.29, 0.717) is 37.0 Å². The van der Waals surface area contributed by atoms with Gasteiger partial charge in [0.25, 0.3) is 5.91 Å². The third-order valence-electron chi connectivity index (χ3n) is 4.77. The molecule has 0 unspecified atom stereocenters. The first kappa shape index (κ1) is 20.3. The average molecular weight is 386 g/mol. The molecule has 2 aromatic rings. The molecule has 1 fully saturated rings. The number of nitrogens with one attached hydrogen (secondary N) is 1. The van der Waals surface area contributed by atoms with Crippen LogP contribution in [0.5, 0.6) is 11.5 Å². The number of nitrogens with zero attached hydrogens (tertiary/aromatic N) is 1. The minimum Gasteiger partial charge on any atom is -0.490 e. The number of benzene rings is 1. The number of hydrogen-bond acceptors (Lipinski definition) is 5. The topological polar surface area (TPSA) is 63.9 Å². The molecule has 6 nitrogen and oxygen atoms in total. The number of furan rings is 1. The average Bonchev–Trinajstić information content (AvgIpc) is 3.17. The molecule has 0 radical (unpaired) electrons. The Morgan fingerprint density at radius 3 is 2.54 bits per heavy atom. The summed E-state index contributed by atoms with van der Waals surface area (Å²) in [4.78, 5) is 14.8. The number of carbonyl (C=O) groups is 1. The molecule has 2 heterocycles. The summed E-state index contributed by atoms with van der Waals surface area (Å²) < 4.78 is 17.0. The summed E-state index contributed by atoms with van der Waals surface area (Å²) in [6.45, 7) is 8.37. The van der Waals surface area contributed by atoms with Crippen LogP contribution < -0.4 is 14.8 Å². The maximum atomic E-state index is 12.4. The molecule has 1 saturated heterocycles. The Bertz CT molecular complexity index is 766. The molecule has 1 aliphatic heterocycles. The van der Waals surface area contributed by atoms with Crippen molar-refractivity contribution in [3.8, 4) is 11.5 Å². The van der Waals surface area contributed by atoms with Gasteiger partial charge in [0, 0.05) is 6.54 Å². The summed E-state index contributed by atoms with van der Waals surface area (Å²) in [6, 6.07) is 9.35. The summed E-state index contributed by atoms with van der Waals surface area (Å²) in [5.74, 6) is 2.39. The van der Waals surface area contributed by atoms with E-state index in [4.69, 9.17) is 13.9 Å². The van der Waals surface area contributed by atoms with Crippen LogP contribution in [0.1, 0.15) is 55.0 Å². The Morgan fingerprint density at radius 1 is 1.04 bits per heavy atom. The van der Waals surface area contributed by atoms with Crippen LogP contribution in [0, 0.1) is 0 Å². The van der Waals surface area contributed by atoms with Crippen LogP contribution in [0.4, 0.5) is 0 Å². The normalized spacial score (nSPS) is 14.6. The van der Waals surface area contributed by atoms with Gasteiger partial charge in [0.2, 0.25) is 0 Å². The summed E-state index contributed by atoms with van der Waals surface area (Å²) in [6.07, 6.45) is 3.78. The molecular formula is C22H30N2O4. The molecule has 1 aromatic carbocycles. The smallest absolute Gasteiger partial charge is 0.287 e. The second-order valence-corrected chi connectivity index (χ2v) is 6.93. The lowest BCUT2D eigenvalue weighted by Crippen LogP contribution is -2.28. The van der Waals surface area contributed by atoms with Crippen LogP contribution >= 0.6 is 0 Å². The predicted octanol–water partition coefficient (Wildman–Crippen LogP) is 3.99. The van der Waals surface area contributed by atoms with Crippen LogP contribution in [-0.2, 0) is 13.1 Å². The number of ether oxygens (including phenoxy) is 2. The first-order valence-corrected chi connectivity index (χ1v) is 10.2. The van der Waals surface area contributed by atoms with E-state index in [1.807, 2.05) is 38.1 Å². The van der Waals surface area contributed by atoms with Crippen LogP contribution in [0.25, 0.3) is 0 Å². The fourth-order valence-corrected chi connectivity index (χ4v) is 3.40. The van der Waals surface area contributed by atoms with Crippen LogP contribution in [-0.4, -0.2) is 37.1 Å². The Kier molecular flexibility index (Phi) is 7.37. The lowest BCUT2D eigenvalue weighted by atomic mass is 10.1. The molecule has 1 amide bonds. The maximum absolute atomic E-state index is 12.4. The van der Waals surface area contributed by atoms with Crippen LogP contribution in [0.2, 0.25) is 0 Å². The molecule has 3 rings (SSSR count). The van der Waals surface area contributed by atoms with Crippen molar-refractivity contribution in [3.63, 3.8) is 0 Å². The maximum Gasteiger partial charge on any atom is 0.287 e. The highest BCUT2D eigenvalue weighted by Gasteiger charge is 2.15. The van der Waals surface area contributed by atoms with Crippen molar-refractivity contribution in [2.45, 2.75) is 46.2 Å². The molecule has 0 saturated carbocycles. The fourth-order valence-electron chi connectivity index (χ4n) is 3.40. The van der Waals surface area contributed by atoms with Gasteiger partial charge in [-0.3, -0.25) is 9.69 Å². The van der Waals surface area contributed by atoms with Crippen molar-refractivity contribution in [1.82, 2.24) is 10.2 Å². The molecular weight excluding hydrogens is 356 g/mol. The standard InChI is InChI=1S/C22H30N2O4/c1-3-26-19-10-8-17(14-21(19)27-4-2)15-23-22(25)20-11-9-18(28-20)16-24-12-6-5-7-13-24/h8-11,14H,3-7,12-13,15-16H2,1-2H3,(H,23,25). The van der Waals surface area contributed by atoms with E-state index in [1.54, 1.807) is 6.07 Å². The van der Waals surface area contributed by atoms with E-state index in [2.05, 4.69) is 10.2 Å². The highest BCUT2D eigenvalue weighted by molar-refractivity contribution is 5.91. The SMILES string of the molecule is CCOc1ccc(CNC(=O)c2ccc(CN3CCCCC3)o2)cc1OCC. The minimum atomic E-state index is -0.211. The van der Waals surface area contributed by atoms with Crippen molar-refractivity contribution in [2.75, 3.05) is 26.3 Å². The second-order valence-electron chi connectivity index (χ2n) is 6.93. The van der Waals surface area contributed by atoms with Gasteiger partial charge in [-0.2, -0.15) is 0 Å². The number of amides is 1. The number of hydrogen-bond donors (Lipinski definition) is 1. The van der Waals surface area contributed by atoms with E-state index in [9.17, 15) is 4.79 Å². The van der Waals surface area contributed by atoms with Crippen LogP contribution in [0.15, 0.2) is 34.7 Å². The van der Waals surface area contributed by atoms with Crippen molar-refractivity contribution in [3.05, 3.63) is 47.4 Å². The Labute approximate surface area is 166 Å². The lowest BCUT2D eigenvalue weighted by molar-refractivity contribution is 0.0918. The monoisotopic (exact) mass is 386 g/mol. The van der Waals surface area contributed by atoms with Crippen molar-refractivity contribution in [1.29, 1.82) is 0 Å². The molecule has 28 heavy (non-hydrogen) atoms. The third kappa shape index (κ3) is 5.52. The quantitative estimate of drug-likeness (QED) is 0.706. The van der Waals surface area contributed by atoms with Gasteiger partial charge in [0.1, 0.15) is 5.76 Å². The molecule has 0 atom stereocenters. The van der Waals surface area contributed by atoms with Gasteiger partial charge >= 0.3 is 0 Å². The number of carbonyl (C=O) groups excluding carboxylic acids is 1. The van der Waals surface area contributed by atoms with Crippen molar-refractivity contribution in [2.24, 2.45) is 0 Å². The van der Waals surface area contributed by atoms with E-state index in [1.165, 1.54) is 19.3 Å². The van der Waals surface area contributed by atoms with Gasteiger partial charge in [-0.05, 0) is 69.6 Å². The zero-order valence-electron chi connectivity index (χ0n) is 16.8. The molecule has 0 bridgehead atoms. The molecule has 152 valence electrons. The summed E-state index contributed by atoms with van der Waals surface area (Å²) in [7, 11) is 0. The number of piperidine rings is 1. The summed E-state index contributed by atoms with van der Waals surface area (Å²) in [5, 5.41) is 2.91. The Morgan fingerprint density at radius 2 is 1.79 bits per heavy atom. The second kappa shape index (κ2) is 10.2. The minimum absolute atomic E-state index is 0.211. The van der Waals surface area contributed by atoms with Crippen molar-refractivity contribution < 1.29 is 18.7 Å². The Hall–Kier alpha value is -2.47. The highest BCUT2D eigenvalue weighted by atomic mass is 16.5. The molecule has 1 N–H and O–H groups in total. The first-order valence-electron chi connectivity index (χ1n) is 10.2. The van der Waals surface area contributed by atoms with Crippen molar-refractivity contribution >= 4 is 5.91 Å². The van der Waals surface area contributed by atoms with Gasteiger partial charge in [-0.15, -0.1) is 0 Å². The molecule has 1 aromatic heterocycles. The fraction of sp³-hybridized carbons (Fsp3) is 0.500. The molecule has 0 aliphatic carbocycles. The lowest BCUT2D eigenvalue weighted by Gasteiger charge is -2.25. The van der Waals surface area contributed by atoms with Gasteiger partial charge < -0.3 is 19.2 Å². The zero-order valence-corrected chi connectivity index (χ0v) is 16.8. The van der Waals surface area contributed by atoms with Crippen LogP contribution in [0.3, 0.4) is 0 Å². The number of rotatable bonds is 9. The molecule has 6 heteroatoms. The third-order valence-corrected chi connectivity index (χ3v) is 4.77. The largest absolute Gasteiger partial charge is 0.490 e. The highest BCUT2D eigenvalue weighted by Crippen LogP contribution is 2.28. The number of likely N-dealkylation sites (tertiary alicyclic amines) is 1. The van der Waals surface area contributed by atoms with Gasteiger partial charge in [0.05, 0.1) is 19.8 Å². The van der Waals surface area contributed by atoms with Gasteiger partial charge in [-0.25, -0.2) is 0 Å².